The number of carbonyl (C=O) groups is 2. The number of anilines is 1. The van der Waals surface area contributed by atoms with Gasteiger partial charge < -0.3 is 14.4 Å². The lowest BCUT2D eigenvalue weighted by molar-refractivity contribution is -0.121. The van der Waals surface area contributed by atoms with Gasteiger partial charge in [0, 0.05) is 37.4 Å². The van der Waals surface area contributed by atoms with Crippen molar-refractivity contribution in [1.29, 1.82) is 0 Å². The summed E-state index contributed by atoms with van der Waals surface area (Å²) in [7, 11) is 3.21. The fourth-order valence-electron chi connectivity index (χ4n) is 3.14. The van der Waals surface area contributed by atoms with E-state index in [9.17, 15) is 9.59 Å². The molecule has 1 aliphatic heterocycles. The van der Waals surface area contributed by atoms with Gasteiger partial charge in [-0.3, -0.25) is 19.8 Å². The van der Waals surface area contributed by atoms with Crippen LogP contribution in [0.15, 0.2) is 48.5 Å². The zero-order chi connectivity index (χ0) is 19.9. The average Bonchev–Trinajstić information content (AvgIpc) is 2.74. The minimum Gasteiger partial charge on any atom is -0.497 e. The maximum absolute atomic E-state index is 12.2. The number of piperazine rings is 1. The second-order valence-corrected chi connectivity index (χ2v) is 6.57. The van der Waals surface area contributed by atoms with Gasteiger partial charge >= 0.3 is 0 Å². The van der Waals surface area contributed by atoms with E-state index in [1.54, 1.807) is 38.5 Å². The van der Waals surface area contributed by atoms with E-state index in [0.717, 1.165) is 37.6 Å². The molecule has 2 aromatic rings. The summed E-state index contributed by atoms with van der Waals surface area (Å²) in [5.41, 5.74) is 1.57. The number of methoxy groups -OCH3 is 2. The third-order valence-corrected chi connectivity index (χ3v) is 4.78. The Morgan fingerprint density at radius 2 is 1.39 bits per heavy atom. The predicted octanol–water partition coefficient (Wildman–Crippen LogP) is 1.78. The molecule has 0 saturated carbocycles. The van der Waals surface area contributed by atoms with E-state index in [1.165, 1.54) is 0 Å². The van der Waals surface area contributed by atoms with Crippen molar-refractivity contribution in [3.05, 3.63) is 54.1 Å². The summed E-state index contributed by atoms with van der Waals surface area (Å²) in [4.78, 5) is 28.7. The second kappa shape index (κ2) is 9.23. The molecule has 28 heavy (non-hydrogen) atoms. The molecule has 7 nitrogen and oxygen atoms in total. The highest BCUT2D eigenvalue weighted by molar-refractivity contribution is 6.05. The van der Waals surface area contributed by atoms with E-state index < -0.39 is 5.91 Å². The molecule has 0 atom stereocenters. The number of nitrogens with zero attached hydrogens (tertiary/aromatic N) is 2. The number of rotatable bonds is 6. The molecular weight excluding hydrogens is 358 g/mol. The van der Waals surface area contributed by atoms with Crippen LogP contribution in [0.5, 0.6) is 11.5 Å². The molecule has 0 unspecified atom stereocenters. The SMILES string of the molecule is COc1ccc(C(=O)NC(=O)CN2CCN(c3ccc(OC)cc3)CC2)cc1. The van der Waals surface area contributed by atoms with Crippen LogP contribution in [0.2, 0.25) is 0 Å². The molecule has 3 rings (SSSR count). The fraction of sp³-hybridized carbons (Fsp3) is 0.333. The van der Waals surface area contributed by atoms with Gasteiger partial charge in [-0.1, -0.05) is 0 Å². The number of amides is 2. The van der Waals surface area contributed by atoms with E-state index in [2.05, 4.69) is 15.1 Å². The first kappa shape index (κ1) is 19.7. The quantitative estimate of drug-likeness (QED) is 0.820. The van der Waals surface area contributed by atoms with Crippen LogP contribution in [0.4, 0.5) is 5.69 Å². The van der Waals surface area contributed by atoms with Crippen LogP contribution in [-0.2, 0) is 4.79 Å². The highest BCUT2D eigenvalue weighted by Gasteiger charge is 2.20. The highest BCUT2D eigenvalue weighted by Crippen LogP contribution is 2.20. The third kappa shape index (κ3) is 5.01. The Morgan fingerprint density at radius 3 is 1.93 bits per heavy atom. The van der Waals surface area contributed by atoms with Crippen molar-refractivity contribution in [3.8, 4) is 11.5 Å². The monoisotopic (exact) mass is 383 g/mol. The number of imide groups is 1. The van der Waals surface area contributed by atoms with Gasteiger partial charge in [0.05, 0.1) is 20.8 Å². The first-order valence-corrected chi connectivity index (χ1v) is 9.18. The van der Waals surface area contributed by atoms with Crippen molar-refractivity contribution < 1.29 is 19.1 Å². The molecule has 2 amide bonds. The highest BCUT2D eigenvalue weighted by atomic mass is 16.5. The lowest BCUT2D eigenvalue weighted by Gasteiger charge is -2.35. The molecule has 0 spiro atoms. The van der Waals surface area contributed by atoms with Crippen molar-refractivity contribution in [2.75, 3.05) is 51.8 Å². The van der Waals surface area contributed by atoms with Gasteiger partial charge in [0.25, 0.3) is 5.91 Å². The van der Waals surface area contributed by atoms with Crippen LogP contribution in [0.3, 0.4) is 0 Å². The lowest BCUT2D eigenvalue weighted by Crippen LogP contribution is -2.50. The summed E-state index contributed by atoms with van der Waals surface area (Å²) in [5.74, 6) is 0.807. The van der Waals surface area contributed by atoms with Crippen LogP contribution in [0, 0.1) is 0 Å². The molecule has 0 aromatic heterocycles. The molecule has 1 N–H and O–H groups in total. The molecule has 148 valence electrons. The molecule has 1 fully saturated rings. The van der Waals surface area contributed by atoms with E-state index >= 15 is 0 Å². The number of carbonyl (C=O) groups excluding carboxylic acids is 2. The number of hydrogen-bond donors (Lipinski definition) is 1. The van der Waals surface area contributed by atoms with Crippen molar-refractivity contribution in [1.82, 2.24) is 10.2 Å². The smallest absolute Gasteiger partial charge is 0.257 e. The van der Waals surface area contributed by atoms with E-state index in [1.807, 2.05) is 24.3 Å². The zero-order valence-corrected chi connectivity index (χ0v) is 16.2. The molecule has 0 bridgehead atoms. The second-order valence-electron chi connectivity index (χ2n) is 6.57. The average molecular weight is 383 g/mol. The maximum Gasteiger partial charge on any atom is 0.257 e. The number of ether oxygens (including phenoxy) is 2. The van der Waals surface area contributed by atoms with Gasteiger partial charge in [-0.15, -0.1) is 0 Å². The Hall–Kier alpha value is -3.06. The van der Waals surface area contributed by atoms with Crippen molar-refractivity contribution in [3.63, 3.8) is 0 Å². The third-order valence-electron chi connectivity index (χ3n) is 4.78. The Kier molecular flexibility index (Phi) is 6.49. The molecule has 0 aliphatic carbocycles. The van der Waals surface area contributed by atoms with Crippen LogP contribution in [0.25, 0.3) is 0 Å². The summed E-state index contributed by atoms with van der Waals surface area (Å²) in [6.45, 7) is 3.38. The van der Waals surface area contributed by atoms with Crippen LogP contribution in [-0.4, -0.2) is 63.7 Å². The molecule has 1 aliphatic rings. The van der Waals surface area contributed by atoms with E-state index in [0.29, 0.717) is 11.3 Å². The van der Waals surface area contributed by atoms with E-state index in [-0.39, 0.29) is 12.5 Å². The van der Waals surface area contributed by atoms with Gasteiger partial charge in [-0.25, -0.2) is 0 Å². The van der Waals surface area contributed by atoms with Gasteiger partial charge in [0.15, 0.2) is 0 Å². The van der Waals surface area contributed by atoms with Crippen molar-refractivity contribution in [2.24, 2.45) is 0 Å². The standard InChI is InChI=1S/C21H25N3O4/c1-27-18-7-3-16(4-8-18)21(26)22-20(25)15-23-11-13-24(14-12-23)17-5-9-19(28-2)10-6-17/h3-10H,11-15H2,1-2H3,(H,22,25,26). The summed E-state index contributed by atoms with van der Waals surface area (Å²) in [6, 6.07) is 14.6. The van der Waals surface area contributed by atoms with Gasteiger partial charge in [0.2, 0.25) is 5.91 Å². The van der Waals surface area contributed by atoms with Crippen LogP contribution in [0.1, 0.15) is 10.4 Å². The zero-order valence-electron chi connectivity index (χ0n) is 16.2. The Bertz CT molecular complexity index is 797. The Balaban J connectivity index is 1.45. The molecule has 2 aromatic carbocycles. The van der Waals surface area contributed by atoms with Gasteiger partial charge in [-0.05, 0) is 48.5 Å². The van der Waals surface area contributed by atoms with Crippen LogP contribution < -0.4 is 19.7 Å². The lowest BCUT2D eigenvalue weighted by atomic mass is 10.2. The summed E-state index contributed by atoms with van der Waals surface area (Å²) < 4.78 is 10.3. The molecule has 1 heterocycles. The summed E-state index contributed by atoms with van der Waals surface area (Å²) in [6.07, 6.45) is 0. The number of hydrogen-bond acceptors (Lipinski definition) is 6. The van der Waals surface area contributed by atoms with E-state index in [4.69, 9.17) is 9.47 Å². The van der Waals surface area contributed by atoms with Gasteiger partial charge in [0.1, 0.15) is 11.5 Å². The topological polar surface area (TPSA) is 71.1 Å². The maximum atomic E-state index is 12.2. The van der Waals surface area contributed by atoms with Crippen molar-refractivity contribution in [2.45, 2.75) is 0 Å². The number of nitrogens with one attached hydrogen (secondary N) is 1. The Morgan fingerprint density at radius 1 is 0.857 bits per heavy atom. The van der Waals surface area contributed by atoms with Gasteiger partial charge in [-0.2, -0.15) is 0 Å². The number of benzene rings is 2. The minimum absolute atomic E-state index is 0.207. The van der Waals surface area contributed by atoms with Crippen LogP contribution >= 0.6 is 0 Å². The first-order chi connectivity index (χ1) is 13.6. The Labute approximate surface area is 164 Å². The van der Waals surface area contributed by atoms with Crippen molar-refractivity contribution >= 4 is 17.5 Å². The predicted molar refractivity (Wildman–Crippen MR) is 107 cm³/mol. The summed E-state index contributed by atoms with van der Waals surface area (Å²) in [5, 5.41) is 2.45. The molecule has 7 heteroatoms. The normalized spacial score (nSPS) is 14.4. The minimum atomic E-state index is -0.399. The molecular formula is C21H25N3O4. The largest absolute Gasteiger partial charge is 0.497 e. The molecule has 0 radical (unpaired) electrons. The fourth-order valence-corrected chi connectivity index (χ4v) is 3.14. The summed E-state index contributed by atoms with van der Waals surface area (Å²) >= 11 is 0. The first-order valence-electron chi connectivity index (χ1n) is 9.18. The molecule has 1 saturated heterocycles.